The van der Waals surface area contributed by atoms with Crippen molar-refractivity contribution in [3.05, 3.63) is 0 Å². The van der Waals surface area contributed by atoms with E-state index in [1.807, 2.05) is 0 Å². The Kier molecular flexibility index (Phi) is 1.47. The van der Waals surface area contributed by atoms with Crippen LogP contribution in [-0.4, -0.2) is 20.8 Å². The number of hydrogen-bond donors (Lipinski definition) is 0. The van der Waals surface area contributed by atoms with E-state index in [2.05, 4.69) is 10.1 Å². The third-order valence-electron chi connectivity index (χ3n) is 1.09. The fraction of sp³-hybridized carbons (Fsp3) is 0.600. The van der Waals surface area contributed by atoms with Gasteiger partial charge in [-0.2, -0.15) is 8.42 Å². The lowest BCUT2D eigenvalue weighted by Crippen LogP contribution is -2.02. The highest BCUT2D eigenvalue weighted by molar-refractivity contribution is 7.86. The summed E-state index contributed by atoms with van der Waals surface area (Å²) in [7, 11) is -3.25. The van der Waals surface area contributed by atoms with Gasteiger partial charge in [0.15, 0.2) is 0 Å². The minimum absolute atomic E-state index is 0.0243. The van der Waals surface area contributed by atoms with Crippen LogP contribution in [0.4, 0.5) is 0 Å². The van der Waals surface area contributed by atoms with Crippen molar-refractivity contribution >= 4 is 10.1 Å². The molecular formula is C5H6O3S. The van der Waals surface area contributed by atoms with Crippen LogP contribution in [0.3, 0.4) is 0 Å². The average Bonchev–Trinajstić information content (AvgIpc) is 2.10. The molecule has 4 heteroatoms. The first-order valence-electron chi connectivity index (χ1n) is 2.47. The second kappa shape index (κ2) is 2.01. The Hall–Kier alpha value is -0.530. The summed E-state index contributed by atoms with van der Waals surface area (Å²) in [5.74, 6) is 2.05. The molecule has 1 fully saturated rings. The predicted molar refractivity (Wildman–Crippen MR) is 32.1 cm³/mol. The number of terminal acetylenes is 1. The summed E-state index contributed by atoms with van der Waals surface area (Å²) in [6.45, 7) is 0.152. The molecule has 1 heterocycles. The summed E-state index contributed by atoms with van der Waals surface area (Å²) >= 11 is 0. The SMILES string of the molecule is C#CC1COS(=O)(=O)C1. The highest BCUT2D eigenvalue weighted by Gasteiger charge is 2.26. The Morgan fingerprint density at radius 3 is 2.56 bits per heavy atom. The van der Waals surface area contributed by atoms with Gasteiger partial charge in [-0.1, -0.05) is 5.92 Å². The van der Waals surface area contributed by atoms with Crippen LogP contribution < -0.4 is 0 Å². The van der Waals surface area contributed by atoms with Crippen LogP contribution in [0.25, 0.3) is 0 Å². The van der Waals surface area contributed by atoms with Crippen molar-refractivity contribution in [1.82, 2.24) is 0 Å². The van der Waals surface area contributed by atoms with Gasteiger partial charge in [-0.15, -0.1) is 6.42 Å². The van der Waals surface area contributed by atoms with Gasteiger partial charge < -0.3 is 0 Å². The molecule has 0 aromatic rings. The summed E-state index contributed by atoms with van der Waals surface area (Å²) in [5, 5.41) is 0. The normalized spacial score (nSPS) is 31.7. The van der Waals surface area contributed by atoms with Crippen molar-refractivity contribution in [2.24, 2.45) is 5.92 Å². The molecule has 0 spiro atoms. The van der Waals surface area contributed by atoms with Crippen molar-refractivity contribution < 1.29 is 12.6 Å². The van der Waals surface area contributed by atoms with Gasteiger partial charge >= 0.3 is 0 Å². The van der Waals surface area contributed by atoms with Crippen molar-refractivity contribution in [2.45, 2.75) is 0 Å². The zero-order valence-electron chi connectivity index (χ0n) is 4.70. The van der Waals surface area contributed by atoms with E-state index < -0.39 is 10.1 Å². The van der Waals surface area contributed by atoms with Crippen LogP contribution in [0.5, 0.6) is 0 Å². The minimum atomic E-state index is -3.25. The molecule has 3 nitrogen and oxygen atoms in total. The highest BCUT2D eigenvalue weighted by atomic mass is 32.2. The number of hydrogen-bond acceptors (Lipinski definition) is 3. The summed E-state index contributed by atoms with van der Waals surface area (Å²) in [5.41, 5.74) is 0. The van der Waals surface area contributed by atoms with Crippen molar-refractivity contribution in [1.29, 1.82) is 0 Å². The summed E-state index contributed by atoms with van der Waals surface area (Å²) < 4.78 is 25.3. The van der Waals surface area contributed by atoms with Crippen molar-refractivity contribution in [3.63, 3.8) is 0 Å². The molecule has 0 aromatic heterocycles. The van der Waals surface area contributed by atoms with Crippen LogP contribution in [0.2, 0.25) is 0 Å². The third kappa shape index (κ3) is 1.44. The van der Waals surface area contributed by atoms with Crippen LogP contribution in [-0.2, 0) is 14.3 Å². The first-order chi connectivity index (χ1) is 4.14. The van der Waals surface area contributed by atoms with Gasteiger partial charge in [0, 0.05) is 0 Å². The second-order valence-electron chi connectivity index (χ2n) is 1.87. The fourth-order valence-electron chi connectivity index (χ4n) is 0.625. The van der Waals surface area contributed by atoms with E-state index >= 15 is 0 Å². The van der Waals surface area contributed by atoms with Gasteiger partial charge in [0.1, 0.15) is 0 Å². The van der Waals surface area contributed by atoms with Crippen molar-refractivity contribution in [3.8, 4) is 12.3 Å². The Morgan fingerprint density at radius 1 is 1.67 bits per heavy atom. The molecule has 1 saturated heterocycles. The molecule has 0 saturated carbocycles. The first kappa shape index (κ1) is 6.59. The van der Waals surface area contributed by atoms with E-state index in [1.165, 1.54) is 0 Å². The van der Waals surface area contributed by atoms with E-state index in [0.29, 0.717) is 0 Å². The Labute approximate surface area is 54.1 Å². The van der Waals surface area contributed by atoms with Crippen LogP contribution in [0, 0.1) is 18.3 Å². The number of rotatable bonds is 0. The second-order valence-corrected chi connectivity index (χ2v) is 3.56. The van der Waals surface area contributed by atoms with Gasteiger partial charge in [-0.25, -0.2) is 0 Å². The largest absolute Gasteiger partial charge is 0.269 e. The van der Waals surface area contributed by atoms with Crippen LogP contribution in [0.1, 0.15) is 0 Å². The molecule has 0 N–H and O–H groups in total. The molecule has 0 aromatic carbocycles. The van der Waals surface area contributed by atoms with E-state index in [0.717, 1.165) is 0 Å². The lowest BCUT2D eigenvalue weighted by Gasteiger charge is -1.86. The monoisotopic (exact) mass is 146 g/mol. The summed E-state index contributed by atoms with van der Waals surface area (Å²) in [6.07, 6.45) is 4.96. The Bertz CT molecular complexity index is 233. The Balaban J connectivity index is 2.72. The zero-order valence-corrected chi connectivity index (χ0v) is 5.52. The first-order valence-corrected chi connectivity index (χ1v) is 4.05. The molecule has 9 heavy (non-hydrogen) atoms. The highest BCUT2D eigenvalue weighted by Crippen LogP contribution is 2.12. The molecule has 0 bridgehead atoms. The van der Waals surface area contributed by atoms with Crippen molar-refractivity contribution in [2.75, 3.05) is 12.4 Å². The smallest absolute Gasteiger partial charge is 0.268 e. The maximum atomic E-state index is 10.5. The maximum Gasteiger partial charge on any atom is 0.268 e. The summed E-state index contributed by atoms with van der Waals surface area (Å²) in [4.78, 5) is 0. The third-order valence-corrected chi connectivity index (χ3v) is 2.40. The molecule has 0 radical (unpaired) electrons. The molecule has 50 valence electrons. The van der Waals surface area contributed by atoms with E-state index in [9.17, 15) is 8.42 Å². The molecule has 1 atom stereocenters. The van der Waals surface area contributed by atoms with Gasteiger partial charge in [0.2, 0.25) is 0 Å². The molecule has 1 unspecified atom stereocenters. The molecule has 1 rings (SSSR count). The standard InChI is InChI=1S/C5H6O3S/c1-2-5-3-8-9(6,7)4-5/h1,5H,3-4H2. The quantitative estimate of drug-likeness (QED) is 0.345. The average molecular weight is 146 g/mol. The molecule has 1 aliphatic heterocycles. The zero-order chi connectivity index (χ0) is 6.91. The van der Waals surface area contributed by atoms with Gasteiger partial charge in [-0.3, -0.25) is 4.18 Å². The van der Waals surface area contributed by atoms with E-state index in [1.54, 1.807) is 0 Å². The lowest BCUT2D eigenvalue weighted by atomic mass is 10.2. The Morgan fingerprint density at radius 2 is 2.33 bits per heavy atom. The lowest BCUT2D eigenvalue weighted by molar-refractivity contribution is 0.336. The van der Waals surface area contributed by atoms with Crippen LogP contribution >= 0.6 is 0 Å². The minimum Gasteiger partial charge on any atom is -0.269 e. The summed E-state index contributed by atoms with van der Waals surface area (Å²) in [6, 6.07) is 0. The van der Waals surface area contributed by atoms with Gasteiger partial charge in [0.25, 0.3) is 10.1 Å². The molecule has 0 aliphatic carbocycles. The van der Waals surface area contributed by atoms with Gasteiger partial charge in [-0.05, 0) is 0 Å². The van der Waals surface area contributed by atoms with Crippen LogP contribution in [0.15, 0.2) is 0 Å². The van der Waals surface area contributed by atoms with E-state index in [-0.39, 0.29) is 18.3 Å². The predicted octanol–water partition coefficient (Wildman–Crippen LogP) is -0.404. The van der Waals surface area contributed by atoms with E-state index in [4.69, 9.17) is 6.42 Å². The fourth-order valence-corrected chi connectivity index (χ4v) is 1.78. The maximum absolute atomic E-state index is 10.5. The molecule has 1 aliphatic rings. The molecule has 0 amide bonds. The molecular weight excluding hydrogens is 140 g/mol. The van der Waals surface area contributed by atoms with Gasteiger partial charge in [0.05, 0.1) is 18.3 Å². The topological polar surface area (TPSA) is 43.4 Å².